The van der Waals surface area contributed by atoms with E-state index in [0.717, 1.165) is 16.8 Å². The molecule has 0 saturated heterocycles. The van der Waals surface area contributed by atoms with Gasteiger partial charge in [0.05, 0.1) is 17.8 Å². The second kappa shape index (κ2) is 4.52. The highest BCUT2D eigenvalue weighted by molar-refractivity contribution is 6.01. The molecule has 0 aliphatic carbocycles. The zero-order valence-electron chi connectivity index (χ0n) is 11.0. The molecule has 5 heteroatoms. The first kappa shape index (κ1) is 12.5. The van der Waals surface area contributed by atoms with Crippen molar-refractivity contribution in [1.29, 1.82) is 0 Å². The Hall–Kier alpha value is -2.56. The molecular weight excluding hydrogens is 257 g/mol. The third kappa shape index (κ3) is 2.30. The number of hydrogen-bond acceptors (Lipinski definition) is 3. The Balaban J connectivity index is 1.95. The molecule has 102 valence electrons. The number of carbonyl (C=O) groups excluding carboxylic acids is 1. The van der Waals surface area contributed by atoms with Crippen molar-refractivity contribution < 1.29 is 9.18 Å². The minimum atomic E-state index is -0.305. The first-order valence-corrected chi connectivity index (χ1v) is 6.28. The fraction of sp³-hybridized carbons (Fsp3) is 0.133. The number of benzene rings is 2. The number of hydrogen-bond donors (Lipinski definition) is 3. The number of aryl methyl sites for hydroxylation is 1. The van der Waals surface area contributed by atoms with Gasteiger partial charge in [-0.25, -0.2) is 4.39 Å². The monoisotopic (exact) mass is 271 g/mol. The third-order valence-electron chi connectivity index (χ3n) is 3.22. The molecule has 1 amide bonds. The van der Waals surface area contributed by atoms with Crippen LogP contribution in [0.2, 0.25) is 0 Å². The second-order valence-corrected chi connectivity index (χ2v) is 4.96. The standard InChI is InChI=1S/C15H14FN3O/c1-8-2-10(16)6-11(3-8)18-14-7-13-9(4-12(14)17)5-15(20)19-13/h2-4,6-7,18H,5,17H2,1H3,(H,19,20). The zero-order chi connectivity index (χ0) is 14.3. The summed E-state index contributed by atoms with van der Waals surface area (Å²) in [4.78, 5) is 11.3. The summed E-state index contributed by atoms with van der Waals surface area (Å²) in [6.45, 7) is 1.82. The van der Waals surface area contributed by atoms with Gasteiger partial charge in [-0.2, -0.15) is 0 Å². The summed E-state index contributed by atoms with van der Waals surface area (Å²) >= 11 is 0. The second-order valence-electron chi connectivity index (χ2n) is 4.96. The highest BCUT2D eigenvalue weighted by Gasteiger charge is 2.19. The van der Waals surface area contributed by atoms with Crippen LogP contribution in [0, 0.1) is 12.7 Å². The average molecular weight is 271 g/mol. The maximum Gasteiger partial charge on any atom is 0.228 e. The van der Waals surface area contributed by atoms with Gasteiger partial charge in [-0.3, -0.25) is 4.79 Å². The number of amides is 1. The minimum absolute atomic E-state index is 0.0434. The zero-order valence-corrected chi connectivity index (χ0v) is 11.0. The first-order chi connectivity index (χ1) is 9.51. The molecular formula is C15H14FN3O. The van der Waals surface area contributed by atoms with Gasteiger partial charge in [-0.05, 0) is 48.4 Å². The van der Waals surface area contributed by atoms with Crippen LogP contribution in [0.25, 0.3) is 0 Å². The van der Waals surface area contributed by atoms with Crippen LogP contribution in [0.1, 0.15) is 11.1 Å². The van der Waals surface area contributed by atoms with E-state index in [4.69, 9.17) is 5.73 Å². The van der Waals surface area contributed by atoms with Gasteiger partial charge in [0.1, 0.15) is 5.82 Å². The van der Waals surface area contributed by atoms with Crippen LogP contribution in [0.4, 0.5) is 27.1 Å². The molecule has 1 aliphatic rings. The van der Waals surface area contributed by atoms with Crippen molar-refractivity contribution in [3.8, 4) is 0 Å². The van der Waals surface area contributed by atoms with Crippen molar-refractivity contribution in [2.75, 3.05) is 16.4 Å². The largest absolute Gasteiger partial charge is 0.397 e. The lowest BCUT2D eigenvalue weighted by Crippen LogP contribution is -2.03. The molecule has 0 saturated carbocycles. The van der Waals surface area contributed by atoms with Gasteiger partial charge in [0.2, 0.25) is 5.91 Å². The Morgan fingerprint density at radius 1 is 1.25 bits per heavy atom. The summed E-state index contributed by atoms with van der Waals surface area (Å²) in [5.74, 6) is -0.348. The normalized spacial score (nSPS) is 13.0. The maximum atomic E-state index is 13.4. The number of nitrogens with one attached hydrogen (secondary N) is 2. The van der Waals surface area contributed by atoms with Crippen LogP contribution in [0.5, 0.6) is 0 Å². The van der Waals surface area contributed by atoms with Crippen molar-refractivity contribution >= 4 is 28.7 Å². The van der Waals surface area contributed by atoms with Gasteiger partial charge in [-0.15, -0.1) is 0 Å². The number of rotatable bonds is 2. The Kier molecular flexibility index (Phi) is 2.82. The van der Waals surface area contributed by atoms with E-state index in [-0.39, 0.29) is 11.7 Å². The summed E-state index contributed by atoms with van der Waals surface area (Å²) in [5, 5.41) is 5.85. The number of halogens is 1. The lowest BCUT2D eigenvalue weighted by molar-refractivity contribution is -0.115. The van der Waals surface area contributed by atoms with Crippen molar-refractivity contribution in [3.63, 3.8) is 0 Å². The lowest BCUT2D eigenvalue weighted by Gasteiger charge is -2.12. The molecule has 0 unspecified atom stereocenters. The van der Waals surface area contributed by atoms with Crippen LogP contribution in [-0.2, 0) is 11.2 Å². The van der Waals surface area contributed by atoms with Crippen LogP contribution in [0.3, 0.4) is 0 Å². The lowest BCUT2D eigenvalue weighted by atomic mass is 10.1. The van der Waals surface area contributed by atoms with Gasteiger partial charge in [0.25, 0.3) is 0 Å². The number of carbonyl (C=O) groups is 1. The first-order valence-electron chi connectivity index (χ1n) is 6.28. The molecule has 2 aromatic carbocycles. The predicted octanol–water partition coefficient (Wildman–Crippen LogP) is 2.95. The molecule has 1 aliphatic heterocycles. The smallest absolute Gasteiger partial charge is 0.228 e. The Morgan fingerprint density at radius 3 is 2.80 bits per heavy atom. The molecule has 0 fully saturated rings. The Labute approximate surface area is 115 Å². The fourth-order valence-electron chi connectivity index (χ4n) is 2.37. The fourth-order valence-corrected chi connectivity index (χ4v) is 2.37. The van der Waals surface area contributed by atoms with Gasteiger partial charge < -0.3 is 16.4 Å². The molecule has 0 atom stereocenters. The van der Waals surface area contributed by atoms with Gasteiger partial charge in [0.15, 0.2) is 0 Å². The summed E-state index contributed by atoms with van der Waals surface area (Å²) in [5.41, 5.74) is 10.2. The van der Waals surface area contributed by atoms with E-state index in [1.807, 2.05) is 13.0 Å². The van der Waals surface area contributed by atoms with E-state index in [9.17, 15) is 9.18 Å². The number of nitrogen functional groups attached to an aromatic ring is 1. The molecule has 0 aromatic heterocycles. The molecule has 3 rings (SSSR count). The summed E-state index contributed by atoms with van der Waals surface area (Å²) < 4.78 is 13.4. The van der Waals surface area contributed by atoms with Crippen molar-refractivity contribution in [2.24, 2.45) is 0 Å². The van der Waals surface area contributed by atoms with Crippen LogP contribution in [-0.4, -0.2) is 5.91 Å². The van der Waals surface area contributed by atoms with Gasteiger partial charge in [0, 0.05) is 11.4 Å². The third-order valence-corrected chi connectivity index (χ3v) is 3.22. The minimum Gasteiger partial charge on any atom is -0.397 e. The SMILES string of the molecule is Cc1cc(F)cc(Nc2cc3c(cc2N)CC(=O)N3)c1. The van der Waals surface area contributed by atoms with E-state index < -0.39 is 0 Å². The molecule has 0 spiro atoms. The van der Waals surface area contributed by atoms with E-state index in [0.29, 0.717) is 23.5 Å². The summed E-state index contributed by atoms with van der Waals surface area (Å²) in [7, 11) is 0. The highest BCUT2D eigenvalue weighted by atomic mass is 19.1. The highest BCUT2D eigenvalue weighted by Crippen LogP contribution is 2.33. The van der Waals surface area contributed by atoms with Crippen molar-refractivity contribution in [3.05, 3.63) is 47.3 Å². The van der Waals surface area contributed by atoms with Crippen molar-refractivity contribution in [2.45, 2.75) is 13.3 Å². The molecule has 4 N–H and O–H groups in total. The van der Waals surface area contributed by atoms with Gasteiger partial charge in [-0.1, -0.05) is 0 Å². The molecule has 4 nitrogen and oxygen atoms in total. The van der Waals surface area contributed by atoms with Crippen LogP contribution >= 0.6 is 0 Å². The number of fused-ring (bicyclic) bond motifs is 1. The topological polar surface area (TPSA) is 67.1 Å². The van der Waals surface area contributed by atoms with Gasteiger partial charge >= 0.3 is 0 Å². The molecule has 20 heavy (non-hydrogen) atoms. The molecule has 0 bridgehead atoms. The summed E-state index contributed by atoms with van der Waals surface area (Å²) in [6.07, 6.45) is 0.346. The number of nitrogens with two attached hydrogens (primary N) is 1. The molecule has 2 aromatic rings. The Morgan fingerprint density at radius 2 is 2.05 bits per heavy atom. The molecule has 0 radical (unpaired) electrons. The number of anilines is 4. The van der Waals surface area contributed by atoms with E-state index in [1.165, 1.54) is 12.1 Å². The van der Waals surface area contributed by atoms with Crippen LogP contribution < -0.4 is 16.4 Å². The average Bonchev–Trinajstić information content (AvgIpc) is 2.67. The summed E-state index contributed by atoms with van der Waals surface area (Å²) in [6, 6.07) is 8.22. The van der Waals surface area contributed by atoms with E-state index >= 15 is 0 Å². The molecule has 1 heterocycles. The Bertz CT molecular complexity index is 692. The predicted molar refractivity (Wildman–Crippen MR) is 77.6 cm³/mol. The van der Waals surface area contributed by atoms with E-state index in [1.54, 1.807) is 12.1 Å². The quantitative estimate of drug-likeness (QED) is 0.736. The maximum absolute atomic E-state index is 13.4. The van der Waals surface area contributed by atoms with Crippen molar-refractivity contribution in [1.82, 2.24) is 0 Å². The van der Waals surface area contributed by atoms with E-state index in [2.05, 4.69) is 10.6 Å². The van der Waals surface area contributed by atoms with Crippen LogP contribution in [0.15, 0.2) is 30.3 Å².